The average molecular weight is 345 g/mol. The number of piperazine rings is 1. The summed E-state index contributed by atoms with van der Waals surface area (Å²) < 4.78 is 5.40. The molecule has 2 aliphatic rings. The molecule has 0 bridgehead atoms. The lowest BCUT2D eigenvalue weighted by molar-refractivity contribution is 0.0430. The van der Waals surface area contributed by atoms with Crippen molar-refractivity contribution in [2.24, 2.45) is 5.92 Å². The van der Waals surface area contributed by atoms with Crippen LogP contribution in [0.15, 0.2) is 24.3 Å². The third-order valence-corrected chi connectivity index (χ3v) is 5.33. The van der Waals surface area contributed by atoms with Gasteiger partial charge in [0.2, 0.25) is 0 Å². The zero-order valence-electron chi connectivity index (χ0n) is 15.6. The van der Waals surface area contributed by atoms with E-state index in [2.05, 4.69) is 16.7 Å². The molecule has 0 radical (unpaired) electrons. The number of ether oxygens (including phenoxy) is 1. The lowest BCUT2D eigenvalue weighted by Gasteiger charge is -2.43. The Bertz CT molecular complexity index is 547. The third-order valence-electron chi connectivity index (χ3n) is 5.33. The second-order valence-electron chi connectivity index (χ2n) is 7.15. The molecule has 2 saturated heterocycles. The molecule has 2 aliphatic heterocycles. The Morgan fingerprint density at radius 2 is 1.72 bits per heavy atom. The fourth-order valence-corrected chi connectivity index (χ4v) is 3.70. The number of rotatable bonds is 7. The van der Waals surface area contributed by atoms with Crippen LogP contribution in [0.5, 0.6) is 0 Å². The van der Waals surface area contributed by atoms with E-state index >= 15 is 0 Å². The first-order chi connectivity index (χ1) is 12.2. The zero-order valence-corrected chi connectivity index (χ0v) is 15.6. The Morgan fingerprint density at radius 1 is 1.04 bits per heavy atom. The highest BCUT2D eigenvalue weighted by atomic mass is 16.5. The first-order valence-corrected chi connectivity index (χ1v) is 9.60. The summed E-state index contributed by atoms with van der Waals surface area (Å²) in [6, 6.07) is 7.85. The van der Waals surface area contributed by atoms with Gasteiger partial charge >= 0.3 is 0 Å². The predicted molar refractivity (Wildman–Crippen MR) is 99.7 cm³/mol. The highest BCUT2D eigenvalue weighted by molar-refractivity contribution is 5.94. The van der Waals surface area contributed by atoms with E-state index in [1.165, 1.54) is 26.2 Å². The Labute approximate surface area is 151 Å². The summed E-state index contributed by atoms with van der Waals surface area (Å²) in [5.74, 6) is 0.975. The van der Waals surface area contributed by atoms with Gasteiger partial charge in [-0.15, -0.1) is 0 Å². The van der Waals surface area contributed by atoms with Crippen LogP contribution in [0, 0.1) is 5.92 Å². The smallest absolute Gasteiger partial charge is 0.253 e. The molecule has 138 valence electrons. The molecule has 1 aromatic carbocycles. The molecule has 0 atom stereocenters. The Balaban J connectivity index is 1.43. The fraction of sp³-hybridized carbons (Fsp3) is 0.650. The van der Waals surface area contributed by atoms with Gasteiger partial charge in [0.15, 0.2) is 0 Å². The SMILES string of the molecule is CCOCc1ccc(C(=O)N2CCN(CC3CN(CC)C3)CC2)cc1. The van der Waals surface area contributed by atoms with Crippen LogP contribution in [0.25, 0.3) is 0 Å². The molecule has 0 aromatic heterocycles. The number of likely N-dealkylation sites (tertiary alicyclic amines) is 1. The second kappa shape index (κ2) is 8.79. The molecule has 5 heteroatoms. The minimum Gasteiger partial charge on any atom is -0.377 e. The molecule has 25 heavy (non-hydrogen) atoms. The number of hydrogen-bond acceptors (Lipinski definition) is 4. The van der Waals surface area contributed by atoms with Crippen molar-refractivity contribution in [3.8, 4) is 0 Å². The molecule has 0 spiro atoms. The quantitative estimate of drug-likeness (QED) is 0.757. The van der Waals surface area contributed by atoms with Gasteiger partial charge < -0.3 is 14.5 Å². The van der Waals surface area contributed by atoms with E-state index in [0.29, 0.717) is 13.2 Å². The fourth-order valence-electron chi connectivity index (χ4n) is 3.70. The Kier molecular flexibility index (Phi) is 6.45. The molecule has 2 fully saturated rings. The number of hydrogen-bond donors (Lipinski definition) is 0. The lowest BCUT2D eigenvalue weighted by Crippen LogP contribution is -2.55. The van der Waals surface area contributed by atoms with Crippen molar-refractivity contribution in [2.75, 3.05) is 59.0 Å². The zero-order chi connectivity index (χ0) is 17.6. The van der Waals surface area contributed by atoms with Crippen LogP contribution in [0.4, 0.5) is 0 Å². The van der Waals surface area contributed by atoms with E-state index < -0.39 is 0 Å². The monoisotopic (exact) mass is 345 g/mol. The van der Waals surface area contributed by atoms with E-state index in [4.69, 9.17) is 4.74 Å². The topological polar surface area (TPSA) is 36.0 Å². The van der Waals surface area contributed by atoms with E-state index in [-0.39, 0.29) is 5.91 Å². The maximum atomic E-state index is 12.7. The normalized spacial score (nSPS) is 19.8. The summed E-state index contributed by atoms with van der Waals surface area (Å²) in [5.41, 5.74) is 1.90. The van der Waals surface area contributed by atoms with Crippen LogP contribution < -0.4 is 0 Å². The summed E-state index contributed by atoms with van der Waals surface area (Å²) in [4.78, 5) is 19.7. The first-order valence-electron chi connectivity index (χ1n) is 9.60. The summed E-state index contributed by atoms with van der Waals surface area (Å²) in [6.45, 7) is 14.0. The van der Waals surface area contributed by atoms with E-state index in [1.807, 2.05) is 36.1 Å². The minimum absolute atomic E-state index is 0.156. The first kappa shape index (κ1) is 18.4. The standard InChI is InChI=1S/C20H31N3O2/c1-3-21-13-18(14-21)15-22-9-11-23(12-10-22)20(24)19-7-5-17(6-8-19)16-25-4-2/h5-8,18H,3-4,9-16H2,1-2H3. The number of carbonyl (C=O) groups excluding carboxylic acids is 1. The highest BCUT2D eigenvalue weighted by Gasteiger charge is 2.29. The van der Waals surface area contributed by atoms with Crippen molar-refractivity contribution >= 4 is 5.91 Å². The van der Waals surface area contributed by atoms with Gasteiger partial charge in [-0.25, -0.2) is 0 Å². The molecule has 0 unspecified atom stereocenters. The highest BCUT2D eigenvalue weighted by Crippen LogP contribution is 2.18. The van der Waals surface area contributed by atoms with Crippen molar-refractivity contribution in [3.63, 3.8) is 0 Å². The van der Waals surface area contributed by atoms with Gasteiger partial charge in [-0.05, 0) is 37.1 Å². The lowest BCUT2D eigenvalue weighted by atomic mass is 9.99. The van der Waals surface area contributed by atoms with E-state index in [9.17, 15) is 4.79 Å². The van der Waals surface area contributed by atoms with Gasteiger partial charge in [-0.3, -0.25) is 9.69 Å². The van der Waals surface area contributed by atoms with Crippen LogP contribution in [0.1, 0.15) is 29.8 Å². The maximum absolute atomic E-state index is 12.7. The van der Waals surface area contributed by atoms with Crippen LogP contribution in [0.2, 0.25) is 0 Å². The van der Waals surface area contributed by atoms with Crippen molar-refractivity contribution < 1.29 is 9.53 Å². The molecule has 1 aromatic rings. The van der Waals surface area contributed by atoms with Crippen molar-refractivity contribution in [2.45, 2.75) is 20.5 Å². The van der Waals surface area contributed by atoms with Crippen molar-refractivity contribution in [3.05, 3.63) is 35.4 Å². The molecule has 0 N–H and O–H groups in total. The van der Waals surface area contributed by atoms with Crippen molar-refractivity contribution in [1.29, 1.82) is 0 Å². The molecule has 3 rings (SSSR count). The van der Waals surface area contributed by atoms with Gasteiger partial charge in [0.1, 0.15) is 0 Å². The van der Waals surface area contributed by atoms with Crippen LogP contribution in [0.3, 0.4) is 0 Å². The van der Waals surface area contributed by atoms with Gasteiger partial charge in [-0.2, -0.15) is 0 Å². The molecule has 0 aliphatic carbocycles. The molecular weight excluding hydrogens is 314 g/mol. The number of nitrogens with zero attached hydrogens (tertiary/aromatic N) is 3. The van der Waals surface area contributed by atoms with Gasteiger partial charge in [0, 0.05) is 58.0 Å². The van der Waals surface area contributed by atoms with Crippen LogP contribution >= 0.6 is 0 Å². The van der Waals surface area contributed by atoms with Gasteiger partial charge in [0.05, 0.1) is 6.61 Å². The summed E-state index contributed by atoms with van der Waals surface area (Å²) >= 11 is 0. The molecule has 1 amide bonds. The second-order valence-corrected chi connectivity index (χ2v) is 7.15. The Hall–Kier alpha value is -1.43. The van der Waals surface area contributed by atoms with Gasteiger partial charge in [-0.1, -0.05) is 19.1 Å². The minimum atomic E-state index is 0.156. The largest absolute Gasteiger partial charge is 0.377 e. The van der Waals surface area contributed by atoms with Crippen molar-refractivity contribution in [1.82, 2.24) is 14.7 Å². The predicted octanol–water partition coefficient (Wildman–Crippen LogP) is 1.93. The third kappa shape index (κ3) is 4.81. The Morgan fingerprint density at radius 3 is 2.32 bits per heavy atom. The summed E-state index contributed by atoms with van der Waals surface area (Å²) in [7, 11) is 0. The summed E-state index contributed by atoms with van der Waals surface area (Å²) in [5, 5.41) is 0. The van der Waals surface area contributed by atoms with E-state index in [0.717, 1.165) is 43.2 Å². The maximum Gasteiger partial charge on any atom is 0.253 e. The summed E-state index contributed by atoms with van der Waals surface area (Å²) in [6.07, 6.45) is 0. The van der Waals surface area contributed by atoms with Crippen LogP contribution in [-0.2, 0) is 11.3 Å². The van der Waals surface area contributed by atoms with Gasteiger partial charge in [0.25, 0.3) is 5.91 Å². The number of benzene rings is 1. The average Bonchev–Trinajstić information content (AvgIpc) is 2.63. The number of carbonyl (C=O) groups is 1. The number of amides is 1. The molecule has 5 nitrogen and oxygen atoms in total. The van der Waals surface area contributed by atoms with Crippen LogP contribution in [-0.4, -0.2) is 79.6 Å². The molecule has 2 heterocycles. The van der Waals surface area contributed by atoms with E-state index in [1.54, 1.807) is 0 Å². The molecular formula is C20H31N3O2. The molecule has 0 saturated carbocycles.